The van der Waals surface area contributed by atoms with Crippen LogP contribution in [-0.2, 0) is 6.42 Å². The molecule has 13 heavy (non-hydrogen) atoms. The summed E-state index contributed by atoms with van der Waals surface area (Å²) in [5, 5.41) is 0. The summed E-state index contributed by atoms with van der Waals surface area (Å²) in [5.41, 5.74) is 7.05. The summed E-state index contributed by atoms with van der Waals surface area (Å²) in [7, 11) is 1.64. The molecule has 0 bridgehead atoms. The molecule has 0 aliphatic carbocycles. The van der Waals surface area contributed by atoms with Crippen molar-refractivity contribution >= 4 is 11.7 Å². The van der Waals surface area contributed by atoms with Crippen LogP contribution >= 0.6 is 0 Å². The van der Waals surface area contributed by atoms with E-state index in [1.807, 2.05) is 24.3 Å². The SMILES string of the molecule is [CH2]Cc1ccc(N(C)C(N)=O)cc1. The molecule has 0 fully saturated rings. The van der Waals surface area contributed by atoms with Crippen LogP contribution in [0.15, 0.2) is 24.3 Å². The van der Waals surface area contributed by atoms with E-state index in [-0.39, 0.29) is 0 Å². The van der Waals surface area contributed by atoms with E-state index < -0.39 is 6.03 Å². The topological polar surface area (TPSA) is 46.3 Å². The summed E-state index contributed by atoms with van der Waals surface area (Å²) < 4.78 is 0. The highest BCUT2D eigenvalue weighted by molar-refractivity contribution is 5.89. The van der Waals surface area contributed by atoms with E-state index >= 15 is 0 Å². The number of hydrogen-bond donors (Lipinski definition) is 1. The number of carbonyl (C=O) groups is 1. The van der Waals surface area contributed by atoms with Crippen molar-refractivity contribution < 1.29 is 4.79 Å². The van der Waals surface area contributed by atoms with Crippen LogP contribution in [0.2, 0.25) is 0 Å². The third kappa shape index (κ3) is 2.21. The number of anilines is 1. The highest BCUT2D eigenvalue weighted by atomic mass is 16.2. The third-order valence-corrected chi connectivity index (χ3v) is 1.94. The first-order valence-electron chi connectivity index (χ1n) is 4.06. The molecule has 0 aliphatic heterocycles. The zero-order valence-corrected chi connectivity index (χ0v) is 7.66. The molecule has 2 N–H and O–H groups in total. The average molecular weight is 177 g/mol. The molecule has 2 amide bonds. The number of urea groups is 1. The molecule has 69 valence electrons. The molecular formula is C10H13N2O. The molecule has 1 rings (SSSR count). The number of rotatable bonds is 2. The number of carbonyl (C=O) groups excluding carboxylic acids is 1. The van der Waals surface area contributed by atoms with Gasteiger partial charge in [0.2, 0.25) is 0 Å². The largest absolute Gasteiger partial charge is 0.351 e. The van der Waals surface area contributed by atoms with Crippen LogP contribution in [0.1, 0.15) is 5.56 Å². The van der Waals surface area contributed by atoms with Crippen LogP contribution in [0.4, 0.5) is 10.5 Å². The first-order valence-corrected chi connectivity index (χ1v) is 4.06. The second-order valence-corrected chi connectivity index (χ2v) is 2.81. The maximum Gasteiger partial charge on any atom is 0.318 e. The average Bonchev–Trinajstić information content (AvgIpc) is 2.17. The van der Waals surface area contributed by atoms with Crippen molar-refractivity contribution in [1.82, 2.24) is 0 Å². The number of primary amides is 1. The summed E-state index contributed by atoms with van der Waals surface area (Å²) in [6.07, 6.45) is 0.751. The van der Waals surface area contributed by atoms with Crippen LogP contribution in [0.25, 0.3) is 0 Å². The monoisotopic (exact) mass is 177 g/mol. The second-order valence-electron chi connectivity index (χ2n) is 2.81. The normalized spacial score (nSPS) is 9.69. The quantitative estimate of drug-likeness (QED) is 0.732. The van der Waals surface area contributed by atoms with Gasteiger partial charge in [-0.3, -0.25) is 4.90 Å². The Bertz CT molecular complexity index is 292. The van der Waals surface area contributed by atoms with Gasteiger partial charge in [-0.25, -0.2) is 4.79 Å². The smallest absolute Gasteiger partial charge is 0.318 e. The standard InChI is InChI=1S/C10H13N2O/c1-3-8-4-6-9(7-5-8)12(2)10(11)13/h4-7H,1,3H2,2H3,(H2,11,13). The van der Waals surface area contributed by atoms with Gasteiger partial charge >= 0.3 is 6.03 Å². The maximum atomic E-state index is 10.8. The lowest BCUT2D eigenvalue weighted by molar-refractivity contribution is 0.255. The molecule has 3 nitrogen and oxygen atoms in total. The first kappa shape index (κ1) is 9.58. The van der Waals surface area contributed by atoms with Crippen molar-refractivity contribution in [3.05, 3.63) is 36.8 Å². The molecule has 1 aromatic rings. The van der Waals surface area contributed by atoms with Crippen LogP contribution in [-0.4, -0.2) is 13.1 Å². The van der Waals surface area contributed by atoms with E-state index in [2.05, 4.69) is 6.92 Å². The van der Waals surface area contributed by atoms with Crippen LogP contribution in [0.3, 0.4) is 0 Å². The predicted molar refractivity (Wildman–Crippen MR) is 53.5 cm³/mol. The lowest BCUT2D eigenvalue weighted by atomic mass is 10.1. The molecule has 1 radical (unpaired) electrons. The minimum Gasteiger partial charge on any atom is -0.351 e. The molecule has 0 saturated heterocycles. The predicted octanol–water partition coefficient (Wildman–Crippen LogP) is 1.58. The lowest BCUT2D eigenvalue weighted by Gasteiger charge is -2.14. The van der Waals surface area contributed by atoms with Gasteiger partial charge in [-0.05, 0) is 31.0 Å². The molecule has 0 spiro atoms. The molecule has 0 saturated carbocycles. The highest BCUT2D eigenvalue weighted by Crippen LogP contribution is 2.13. The van der Waals surface area contributed by atoms with E-state index in [0.29, 0.717) is 0 Å². The van der Waals surface area contributed by atoms with Gasteiger partial charge in [-0.2, -0.15) is 0 Å². The Hall–Kier alpha value is -1.51. The molecular weight excluding hydrogens is 164 g/mol. The molecule has 3 heteroatoms. The van der Waals surface area contributed by atoms with E-state index in [4.69, 9.17) is 5.73 Å². The number of nitrogens with zero attached hydrogens (tertiary/aromatic N) is 1. The molecule has 0 aliphatic rings. The Labute approximate surface area is 78.2 Å². The zero-order valence-electron chi connectivity index (χ0n) is 7.66. The van der Waals surface area contributed by atoms with E-state index in [0.717, 1.165) is 17.7 Å². The molecule has 1 aromatic carbocycles. The summed E-state index contributed by atoms with van der Waals surface area (Å²) >= 11 is 0. The zero-order chi connectivity index (χ0) is 9.84. The molecule has 0 heterocycles. The van der Waals surface area contributed by atoms with Crippen LogP contribution < -0.4 is 10.6 Å². The van der Waals surface area contributed by atoms with Crippen molar-refractivity contribution in [2.45, 2.75) is 6.42 Å². The van der Waals surface area contributed by atoms with Gasteiger partial charge in [0.15, 0.2) is 0 Å². The maximum absolute atomic E-state index is 10.8. The Morgan fingerprint density at radius 3 is 2.38 bits per heavy atom. The van der Waals surface area contributed by atoms with E-state index in [9.17, 15) is 4.79 Å². The van der Waals surface area contributed by atoms with Crippen molar-refractivity contribution in [3.63, 3.8) is 0 Å². The summed E-state index contributed by atoms with van der Waals surface area (Å²) in [6.45, 7) is 3.76. The van der Waals surface area contributed by atoms with Gasteiger partial charge in [0.1, 0.15) is 0 Å². The van der Waals surface area contributed by atoms with Gasteiger partial charge < -0.3 is 5.73 Å². The second kappa shape index (κ2) is 3.94. The molecule has 0 atom stereocenters. The fraction of sp³-hybridized carbons (Fsp3) is 0.200. The van der Waals surface area contributed by atoms with Crippen molar-refractivity contribution in [2.75, 3.05) is 11.9 Å². The first-order chi connectivity index (χ1) is 6.15. The summed E-state index contributed by atoms with van der Waals surface area (Å²) in [4.78, 5) is 12.2. The van der Waals surface area contributed by atoms with E-state index in [1.165, 1.54) is 4.90 Å². The van der Waals surface area contributed by atoms with E-state index in [1.54, 1.807) is 7.05 Å². The number of nitrogens with two attached hydrogens (primary N) is 1. The summed E-state index contributed by atoms with van der Waals surface area (Å²) in [6, 6.07) is 7.11. The Kier molecular flexibility index (Phi) is 2.90. The molecule has 0 aromatic heterocycles. The van der Waals surface area contributed by atoms with Crippen LogP contribution in [0.5, 0.6) is 0 Å². The van der Waals surface area contributed by atoms with Crippen molar-refractivity contribution in [1.29, 1.82) is 0 Å². The van der Waals surface area contributed by atoms with Gasteiger partial charge in [0, 0.05) is 12.7 Å². The van der Waals surface area contributed by atoms with Crippen LogP contribution in [0, 0.1) is 6.92 Å². The Balaban J connectivity index is 2.85. The Morgan fingerprint density at radius 2 is 2.00 bits per heavy atom. The lowest BCUT2D eigenvalue weighted by Crippen LogP contribution is -2.31. The van der Waals surface area contributed by atoms with Gasteiger partial charge in [-0.15, -0.1) is 0 Å². The van der Waals surface area contributed by atoms with Crippen molar-refractivity contribution in [3.8, 4) is 0 Å². The fourth-order valence-corrected chi connectivity index (χ4v) is 1.01. The third-order valence-electron chi connectivity index (χ3n) is 1.94. The summed E-state index contributed by atoms with van der Waals surface area (Å²) in [5.74, 6) is 0. The molecule has 0 unspecified atom stereocenters. The number of hydrogen-bond acceptors (Lipinski definition) is 1. The minimum atomic E-state index is -0.456. The fourth-order valence-electron chi connectivity index (χ4n) is 1.01. The van der Waals surface area contributed by atoms with Gasteiger partial charge in [0.05, 0.1) is 0 Å². The highest BCUT2D eigenvalue weighted by Gasteiger charge is 2.04. The number of benzene rings is 1. The number of amides is 2. The Morgan fingerprint density at radius 1 is 1.46 bits per heavy atom. The van der Waals surface area contributed by atoms with Gasteiger partial charge in [0.25, 0.3) is 0 Å². The van der Waals surface area contributed by atoms with Gasteiger partial charge in [-0.1, -0.05) is 12.1 Å². The minimum absolute atomic E-state index is 0.456. The van der Waals surface area contributed by atoms with Crippen molar-refractivity contribution in [2.24, 2.45) is 5.73 Å².